The summed E-state index contributed by atoms with van der Waals surface area (Å²) in [7, 11) is -3.90. The third kappa shape index (κ3) is 2.95. The van der Waals surface area contributed by atoms with Gasteiger partial charge in [0.1, 0.15) is 5.54 Å². The molecule has 1 saturated carbocycles. The van der Waals surface area contributed by atoms with Gasteiger partial charge in [0, 0.05) is 5.92 Å². The lowest BCUT2D eigenvalue weighted by molar-refractivity contribution is -0.140. The Morgan fingerprint density at radius 1 is 1.17 bits per heavy atom. The van der Waals surface area contributed by atoms with E-state index in [1.807, 2.05) is 37.3 Å². The van der Waals surface area contributed by atoms with Gasteiger partial charge in [0.25, 0.3) is 0 Å². The highest BCUT2D eigenvalue weighted by Gasteiger charge is 2.63. The fourth-order valence-electron chi connectivity index (χ4n) is 2.95. The van der Waals surface area contributed by atoms with Crippen molar-refractivity contribution >= 4 is 16.0 Å². The summed E-state index contributed by atoms with van der Waals surface area (Å²) in [6.07, 6.45) is 1.06. The van der Waals surface area contributed by atoms with Gasteiger partial charge in [0.2, 0.25) is 10.0 Å². The quantitative estimate of drug-likeness (QED) is 0.843. The summed E-state index contributed by atoms with van der Waals surface area (Å²) in [6, 6.07) is 15.6. The van der Waals surface area contributed by atoms with Crippen LogP contribution in [0.15, 0.2) is 59.5 Å². The van der Waals surface area contributed by atoms with Crippen LogP contribution in [0.25, 0.3) is 0 Å². The highest BCUT2D eigenvalue weighted by atomic mass is 32.2. The van der Waals surface area contributed by atoms with Gasteiger partial charge in [0.05, 0.1) is 4.90 Å². The van der Waals surface area contributed by atoms with Crippen molar-refractivity contribution in [1.82, 2.24) is 4.72 Å². The van der Waals surface area contributed by atoms with E-state index in [-0.39, 0.29) is 17.2 Å². The van der Waals surface area contributed by atoms with Gasteiger partial charge < -0.3 is 5.11 Å². The van der Waals surface area contributed by atoms with Crippen molar-refractivity contribution in [2.24, 2.45) is 0 Å². The van der Waals surface area contributed by atoms with Crippen molar-refractivity contribution in [2.45, 2.75) is 36.1 Å². The van der Waals surface area contributed by atoms with Crippen LogP contribution in [0.4, 0.5) is 0 Å². The van der Waals surface area contributed by atoms with E-state index in [1.54, 1.807) is 12.1 Å². The maximum atomic E-state index is 12.6. The average molecular weight is 345 g/mol. The van der Waals surface area contributed by atoms with E-state index in [0.717, 1.165) is 17.5 Å². The second kappa shape index (κ2) is 6.03. The normalized spacial score (nSPS) is 23.0. The number of rotatable bonds is 6. The first-order valence-corrected chi connectivity index (χ1v) is 9.28. The molecule has 1 fully saturated rings. The molecule has 3 rings (SSSR count). The number of sulfonamides is 1. The Bertz CT molecular complexity index is 846. The summed E-state index contributed by atoms with van der Waals surface area (Å²) < 4.78 is 27.6. The Morgan fingerprint density at radius 2 is 1.79 bits per heavy atom. The molecule has 0 bridgehead atoms. The third-order valence-corrected chi connectivity index (χ3v) is 6.03. The fraction of sp³-hybridized carbons (Fsp3) is 0.278. The smallest absolute Gasteiger partial charge is 0.325 e. The van der Waals surface area contributed by atoms with Gasteiger partial charge >= 0.3 is 5.97 Å². The van der Waals surface area contributed by atoms with Crippen LogP contribution < -0.4 is 4.72 Å². The molecular weight excluding hydrogens is 326 g/mol. The van der Waals surface area contributed by atoms with E-state index in [9.17, 15) is 18.3 Å². The molecule has 1 aliphatic rings. The molecule has 0 spiro atoms. The van der Waals surface area contributed by atoms with Crippen LogP contribution in [0.3, 0.4) is 0 Å². The first-order valence-electron chi connectivity index (χ1n) is 7.80. The lowest BCUT2D eigenvalue weighted by Gasteiger charge is -2.15. The molecular formula is C18H19NO4S. The predicted molar refractivity (Wildman–Crippen MR) is 90.3 cm³/mol. The monoisotopic (exact) mass is 345 g/mol. The topological polar surface area (TPSA) is 83.5 Å². The number of aliphatic carboxylic acids is 1. The fourth-order valence-corrected chi connectivity index (χ4v) is 4.35. The number of carbonyl (C=O) groups is 1. The Kier molecular flexibility index (Phi) is 4.19. The molecule has 0 heterocycles. The van der Waals surface area contributed by atoms with Crippen LogP contribution in [0.5, 0.6) is 0 Å². The minimum Gasteiger partial charge on any atom is -0.480 e. The Balaban J connectivity index is 1.88. The van der Waals surface area contributed by atoms with Gasteiger partial charge in [-0.15, -0.1) is 0 Å². The third-order valence-electron chi connectivity index (χ3n) is 4.50. The summed E-state index contributed by atoms with van der Waals surface area (Å²) >= 11 is 0. The predicted octanol–water partition coefficient (Wildman–Crippen LogP) is 2.54. The van der Waals surface area contributed by atoms with Crippen LogP contribution in [0, 0.1) is 0 Å². The second-order valence-electron chi connectivity index (χ2n) is 6.05. The molecule has 6 heteroatoms. The van der Waals surface area contributed by atoms with Crippen molar-refractivity contribution < 1.29 is 18.3 Å². The van der Waals surface area contributed by atoms with Gasteiger partial charge in [-0.3, -0.25) is 4.79 Å². The van der Waals surface area contributed by atoms with Gasteiger partial charge in [-0.1, -0.05) is 49.4 Å². The van der Waals surface area contributed by atoms with Gasteiger partial charge in [0.15, 0.2) is 0 Å². The number of aryl methyl sites for hydroxylation is 1. The molecule has 2 aromatic carbocycles. The molecule has 2 aromatic rings. The van der Waals surface area contributed by atoms with E-state index < -0.39 is 21.5 Å². The SMILES string of the molecule is CCc1ccc(S(=O)(=O)NC2(C(=O)O)CC2c2ccccc2)cc1. The second-order valence-corrected chi connectivity index (χ2v) is 7.73. The van der Waals surface area contributed by atoms with E-state index in [2.05, 4.69) is 4.72 Å². The number of nitrogens with one attached hydrogen (secondary N) is 1. The molecule has 126 valence electrons. The molecule has 1 aliphatic carbocycles. The summed E-state index contributed by atoms with van der Waals surface area (Å²) in [5, 5.41) is 9.60. The Morgan fingerprint density at radius 3 is 2.33 bits per heavy atom. The molecule has 0 aromatic heterocycles. The van der Waals surface area contributed by atoms with Gasteiger partial charge in [-0.25, -0.2) is 8.42 Å². The van der Waals surface area contributed by atoms with Crippen LogP contribution in [-0.4, -0.2) is 25.0 Å². The summed E-state index contributed by atoms with van der Waals surface area (Å²) in [6.45, 7) is 1.98. The number of benzene rings is 2. The van der Waals surface area contributed by atoms with E-state index in [0.29, 0.717) is 0 Å². The van der Waals surface area contributed by atoms with E-state index >= 15 is 0 Å². The van der Waals surface area contributed by atoms with Crippen LogP contribution in [0.1, 0.15) is 30.4 Å². The largest absolute Gasteiger partial charge is 0.480 e. The zero-order valence-electron chi connectivity index (χ0n) is 13.3. The summed E-state index contributed by atoms with van der Waals surface area (Å²) in [5.41, 5.74) is 0.378. The molecule has 0 aliphatic heterocycles. The molecule has 2 atom stereocenters. The standard InChI is InChI=1S/C18H19NO4S/c1-2-13-8-10-15(11-9-13)24(22,23)19-18(17(20)21)12-16(18)14-6-4-3-5-7-14/h3-11,16,19H,2,12H2,1H3,(H,20,21). The van der Waals surface area contributed by atoms with Crippen molar-refractivity contribution in [2.75, 3.05) is 0 Å². The first kappa shape index (κ1) is 16.7. The first-order chi connectivity index (χ1) is 11.4. The molecule has 2 N–H and O–H groups in total. The maximum absolute atomic E-state index is 12.6. The lowest BCUT2D eigenvalue weighted by Crippen LogP contribution is -2.44. The zero-order chi connectivity index (χ0) is 17.4. The van der Waals surface area contributed by atoms with Crippen LogP contribution in [0.2, 0.25) is 0 Å². The van der Waals surface area contributed by atoms with Crippen molar-refractivity contribution in [3.05, 3.63) is 65.7 Å². The van der Waals surface area contributed by atoms with Crippen molar-refractivity contribution in [3.63, 3.8) is 0 Å². The molecule has 24 heavy (non-hydrogen) atoms. The average Bonchev–Trinajstić information content (AvgIpc) is 3.30. The highest BCUT2D eigenvalue weighted by Crippen LogP contribution is 2.52. The minimum absolute atomic E-state index is 0.0824. The maximum Gasteiger partial charge on any atom is 0.325 e. The Labute approximate surface area is 141 Å². The number of carboxylic acids is 1. The van der Waals surface area contributed by atoms with Crippen LogP contribution in [-0.2, 0) is 21.2 Å². The Hall–Kier alpha value is -2.18. The van der Waals surface area contributed by atoms with Crippen molar-refractivity contribution in [3.8, 4) is 0 Å². The molecule has 5 nitrogen and oxygen atoms in total. The summed E-state index contributed by atoms with van der Waals surface area (Å²) in [5.74, 6) is -1.51. The lowest BCUT2D eigenvalue weighted by atomic mass is 10.1. The molecule has 0 radical (unpaired) electrons. The number of hydrogen-bond acceptors (Lipinski definition) is 3. The minimum atomic E-state index is -3.90. The van der Waals surface area contributed by atoms with Gasteiger partial charge in [-0.05, 0) is 36.1 Å². The summed E-state index contributed by atoms with van der Waals surface area (Å²) in [4.78, 5) is 11.8. The molecule has 0 amide bonds. The number of carboxylic acid groups (broad SMARTS) is 1. The van der Waals surface area contributed by atoms with E-state index in [1.165, 1.54) is 12.1 Å². The van der Waals surface area contributed by atoms with Crippen molar-refractivity contribution in [1.29, 1.82) is 0 Å². The van der Waals surface area contributed by atoms with Gasteiger partial charge in [-0.2, -0.15) is 4.72 Å². The molecule has 2 unspecified atom stereocenters. The van der Waals surface area contributed by atoms with Crippen LogP contribution >= 0.6 is 0 Å². The molecule has 0 saturated heterocycles. The highest BCUT2D eigenvalue weighted by molar-refractivity contribution is 7.89. The number of hydrogen-bond donors (Lipinski definition) is 2. The van der Waals surface area contributed by atoms with E-state index in [4.69, 9.17) is 0 Å². The zero-order valence-corrected chi connectivity index (χ0v) is 14.1.